The Balaban J connectivity index is 1.59. The summed E-state index contributed by atoms with van der Waals surface area (Å²) in [4.78, 5) is 25.3. The van der Waals surface area contributed by atoms with Crippen molar-refractivity contribution in [3.8, 4) is 0 Å². The van der Waals surface area contributed by atoms with E-state index < -0.39 is 10.0 Å². The average Bonchev–Trinajstić information content (AvgIpc) is 3.20. The number of carbonyl (C=O) groups is 2. The molecule has 2 bridgehead atoms. The number of nitrogens with zero attached hydrogens (tertiary/aromatic N) is 2. The quantitative estimate of drug-likeness (QED) is 0.773. The topological polar surface area (TPSA) is 74.8 Å². The third kappa shape index (κ3) is 2.35. The normalized spacial score (nSPS) is 32.0. The van der Waals surface area contributed by atoms with Crippen molar-refractivity contribution >= 4 is 33.2 Å². The molecule has 0 radical (unpaired) electrons. The van der Waals surface area contributed by atoms with E-state index in [2.05, 4.69) is 0 Å². The van der Waals surface area contributed by atoms with Gasteiger partial charge in [0.2, 0.25) is 11.8 Å². The number of piperidine rings is 1. The first-order valence-electron chi connectivity index (χ1n) is 7.90. The zero-order chi connectivity index (χ0) is 16.2. The Kier molecular flexibility index (Phi) is 3.58. The van der Waals surface area contributed by atoms with Crippen molar-refractivity contribution in [1.82, 2.24) is 9.21 Å². The van der Waals surface area contributed by atoms with Crippen LogP contribution in [0.4, 0.5) is 0 Å². The van der Waals surface area contributed by atoms with E-state index in [1.165, 1.54) is 16.2 Å². The molecule has 3 fully saturated rings. The van der Waals surface area contributed by atoms with E-state index in [9.17, 15) is 18.0 Å². The van der Waals surface area contributed by atoms with Crippen LogP contribution in [0.25, 0.3) is 0 Å². The van der Waals surface area contributed by atoms with Gasteiger partial charge >= 0.3 is 0 Å². The number of fused-ring (bicyclic) bond motifs is 2. The summed E-state index contributed by atoms with van der Waals surface area (Å²) in [6, 6.07) is 3.04. The smallest absolute Gasteiger partial charge is 0.253 e. The Morgan fingerprint density at radius 3 is 2.13 bits per heavy atom. The first kappa shape index (κ1) is 15.3. The van der Waals surface area contributed by atoms with E-state index in [1.54, 1.807) is 21.8 Å². The highest BCUT2D eigenvalue weighted by Crippen LogP contribution is 2.42. The second-order valence-corrected chi connectivity index (χ2v) is 9.45. The number of amides is 2. The van der Waals surface area contributed by atoms with Crippen LogP contribution in [0.15, 0.2) is 21.7 Å². The fraction of sp³-hybridized carbons (Fsp3) is 0.600. The van der Waals surface area contributed by atoms with Gasteiger partial charge < -0.3 is 0 Å². The minimum Gasteiger partial charge on any atom is -0.279 e. The number of thiophene rings is 1. The van der Waals surface area contributed by atoms with E-state index in [0.717, 1.165) is 12.8 Å². The maximum atomic E-state index is 12.9. The molecule has 2 atom stereocenters. The molecule has 3 saturated heterocycles. The van der Waals surface area contributed by atoms with Gasteiger partial charge in [0.05, 0.1) is 0 Å². The van der Waals surface area contributed by atoms with Crippen molar-refractivity contribution in [3.63, 3.8) is 0 Å². The molecule has 0 aliphatic carbocycles. The maximum Gasteiger partial charge on any atom is 0.253 e. The van der Waals surface area contributed by atoms with Crippen LogP contribution in [0.1, 0.15) is 38.5 Å². The van der Waals surface area contributed by atoms with Crippen LogP contribution in [0.3, 0.4) is 0 Å². The van der Waals surface area contributed by atoms with Gasteiger partial charge in [0.1, 0.15) is 4.21 Å². The van der Waals surface area contributed by atoms with Gasteiger partial charge in [0, 0.05) is 31.0 Å². The molecule has 8 heteroatoms. The second kappa shape index (κ2) is 5.39. The van der Waals surface area contributed by atoms with Crippen molar-refractivity contribution in [2.75, 3.05) is 0 Å². The van der Waals surface area contributed by atoms with Crippen LogP contribution in [-0.2, 0) is 19.6 Å². The summed E-state index contributed by atoms with van der Waals surface area (Å²) in [6.07, 6.45) is 3.34. The third-order valence-electron chi connectivity index (χ3n) is 5.12. The number of likely N-dealkylation sites (tertiary alicyclic amines) is 1. The molecule has 3 aliphatic rings. The van der Waals surface area contributed by atoms with Gasteiger partial charge in [0.25, 0.3) is 10.0 Å². The molecule has 0 saturated carbocycles. The Labute approximate surface area is 139 Å². The van der Waals surface area contributed by atoms with E-state index in [1.807, 2.05) is 0 Å². The van der Waals surface area contributed by atoms with Gasteiger partial charge in [-0.2, -0.15) is 4.31 Å². The molecule has 3 aliphatic heterocycles. The van der Waals surface area contributed by atoms with Gasteiger partial charge in [-0.05, 0) is 37.1 Å². The predicted molar refractivity (Wildman–Crippen MR) is 84.3 cm³/mol. The fourth-order valence-corrected chi connectivity index (χ4v) is 7.21. The average molecular weight is 354 g/mol. The SMILES string of the molecule is O=C1CCC(=O)N1C1CC2CCC(C1)N2S(=O)(=O)c1cccs1. The lowest BCUT2D eigenvalue weighted by Gasteiger charge is -2.40. The molecule has 4 heterocycles. The molecule has 1 aromatic heterocycles. The molecule has 2 amide bonds. The molecule has 6 nitrogen and oxygen atoms in total. The van der Waals surface area contributed by atoms with Crippen LogP contribution < -0.4 is 0 Å². The van der Waals surface area contributed by atoms with Crippen LogP contribution in [0.5, 0.6) is 0 Å². The van der Waals surface area contributed by atoms with Gasteiger partial charge in [-0.15, -0.1) is 11.3 Å². The number of imide groups is 1. The van der Waals surface area contributed by atoms with Crippen LogP contribution in [0.2, 0.25) is 0 Å². The van der Waals surface area contributed by atoms with Gasteiger partial charge in [-0.25, -0.2) is 8.42 Å². The highest BCUT2D eigenvalue weighted by atomic mass is 32.2. The lowest BCUT2D eigenvalue weighted by Crippen LogP contribution is -2.53. The minimum atomic E-state index is -3.47. The summed E-state index contributed by atoms with van der Waals surface area (Å²) in [5.41, 5.74) is 0. The van der Waals surface area contributed by atoms with Crippen molar-refractivity contribution in [2.45, 2.75) is 60.9 Å². The predicted octanol–water partition coefficient (Wildman–Crippen LogP) is 1.58. The van der Waals surface area contributed by atoms with Crippen LogP contribution in [-0.4, -0.2) is 47.6 Å². The zero-order valence-electron chi connectivity index (χ0n) is 12.6. The largest absolute Gasteiger partial charge is 0.279 e. The van der Waals surface area contributed by atoms with Crippen molar-refractivity contribution in [1.29, 1.82) is 0 Å². The van der Waals surface area contributed by atoms with E-state index in [-0.39, 0.29) is 29.9 Å². The van der Waals surface area contributed by atoms with Crippen molar-refractivity contribution in [2.24, 2.45) is 0 Å². The number of sulfonamides is 1. The molecule has 1 aromatic rings. The zero-order valence-corrected chi connectivity index (χ0v) is 14.2. The lowest BCUT2D eigenvalue weighted by atomic mass is 9.98. The monoisotopic (exact) mass is 354 g/mol. The Hall–Kier alpha value is -1.25. The Morgan fingerprint density at radius 1 is 1.00 bits per heavy atom. The molecular weight excluding hydrogens is 336 g/mol. The summed E-state index contributed by atoms with van der Waals surface area (Å²) in [5, 5.41) is 1.77. The molecular formula is C15H18N2O4S2. The highest BCUT2D eigenvalue weighted by molar-refractivity contribution is 7.91. The summed E-state index contributed by atoms with van der Waals surface area (Å²) in [6.45, 7) is 0. The summed E-state index contributed by atoms with van der Waals surface area (Å²) in [7, 11) is -3.47. The van der Waals surface area contributed by atoms with E-state index in [0.29, 0.717) is 29.9 Å². The van der Waals surface area contributed by atoms with Gasteiger partial charge in [0.15, 0.2) is 0 Å². The van der Waals surface area contributed by atoms with Gasteiger partial charge in [-0.1, -0.05) is 6.07 Å². The number of hydrogen-bond donors (Lipinski definition) is 0. The maximum absolute atomic E-state index is 12.9. The van der Waals surface area contributed by atoms with E-state index in [4.69, 9.17) is 0 Å². The number of hydrogen-bond acceptors (Lipinski definition) is 5. The Bertz CT molecular complexity index is 714. The molecule has 23 heavy (non-hydrogen) atoms. The molecule has 0 N–H and O–H groups in total. The first-order valence-corrected chi connectivity index (χ1v) is 10.2. The molecule has 124 valence electrons. The fourth-order valence-electron chi connectivity index (χ4n) is 4.22. The third-order valence-corrected chi connectivity index (χ3v) is 8.50. The number of carbonyl (C=O) groups excluding carboxylic acids is 2. The van der Waals surface area contributed by atoms with Crippen molar-refractivity contribution in [3.05, 3.63) is 17.5 Å². The minimum absolute atomic E-state index is 0.103. The molecule has 2 unspecified atom stereocenters. The lowest BCUT2D eigenvalue weighted by molar-refractivity contribution is -0.142. The molecule has 0 spiro atoms. The number of rotatable bonds is 3. The molecule has 4 rings (SSSR count). The van der Waals surface area contributed by atoms with E-state index >= 15 is 0 Å². The van der Waals surface area contributed by atoms with Gasteiger partial charge in [-0.3, -0.25) is 14.5 Å². The van der Waals surface area contributed by atoms with Crippen LogP contribution in [0, 0.1) is 0 Å². The Morgan fingerprint density at radius 2 is 1.61 bits per heavy atom. The second-order valence-electron chi connectivity index (χ2n) is 6.43. The van der Waals surface area contributed by atoms with Crippen LogP contribution >= 0.6 is 11.3 Å². The highest BCUT2D eigenvalue weighted by Gasteiger charge is 2.50. The standard InChI is InChI=1S/C15H18N2O4S2/c18-13-5-6-14(19)16(13)12-8-10-3-4-11(9-12)17(10)23(20,21)15-2-1-7-22-15/h1-2,7,10-12H,3-6,8-9H2. The van der Waals surface area contributed by atoms with Crippen molar-refractivity contribution < 1.29 is 18.0 Å². The summed E-state index contributed by atoms with van der Waals surface area (Å²) >= 11 is 1.23. The first-order chi connectivity index (χ1) is 11.0. The summed E-state index contributed by atoms with van der Waals surface area (Å²) in [5.74, 6) is -0.206. The summed E-state index contributed by atoms with van der Waals surface area (Å²) < 4.78 is 27.7. The molecule has 0 aromatic carbocycles.